The van der Waals surface area contributed by atoms with Gasteiger partial charge in [-0.3, -0.25) is 4.79 Å². The van der Waals surface area contributed by atoms with Gasteiger partial charge in [-0.15, -0.1) is 0 Å². The Balaban J connectivity index is 2.14. The molecular formula is C15H22N2OS. The normalized spacial score (nSPS) is 23.1. The molecule has 0 spiro atoms. The van der Waals surface area contributed by atoms with E-state index in [0.717, 1.165) is 5.69 Å². The molecule has 19 heavy (non-hydrogen) atoms. The summed E-state index contributed by atoms with van der Waals surface area (Å²) < 4.78 is 0. The van der Waals surface area contributed by atoms with Crippen molar-refractivity contribution >= 4 is 28.9 Å². The first-order valence-electron chi connectivity index (χ1n) is 6.81. The highest BCUT2D eigenvalue weighted by atomic mass is 32.2. The summed E-state index contributed by atoms with van der Waals surface area (Å²) in [5.41, 5.74) is 8.00. The van der Waals surface area contributed by atoms with Crippen LogP contribution in [0.25, 0.3) is 0 Å². The lowest BCUT2D eigenvalue weighted by molar-refractivity contribution is 0.101. The van der Waals surface area contributed by atoms with E-state index >= 15 is 0 Å². The van der Waals surface area contributed by atoms with E-state index < -0.39 is 0 Å². The molecule has 104 valence electrons. The number of anilines is 2. The smallest absolute Gasteiger partial charge is 0.161 e. The summed E-state index contributed by atoms with van der Waals surface area (Å²) in [6.45, 7) is 1.56. The van der Waals surface area contributed by atoms with Crippen LogP contribution in [-0.2, 0) is 0 Å². The van der Waals surface area contributed by atoms with Crippen molar-refractivity contribution in [2.24, 2.45) is 0 Å². The summed E-state index contributed by atoms with van der Waals surface area (Å²) in [4.78, 5) is 11.5. The average molecular weight is 278 g/mol. The van der Waals surface area contributed by atoms with Crippen molar-refractivity contribution in [3.63, 3.8) is 0 Å². The molecule has 3 N–H and O–H groups in total. The third-order valence-electron chi connectivity index (χ3n) is 3.79. The molecule has 2 unspecified atom stereocenters. The number of nitrogens with two attached hydrogens (primary N) is 1. The van der Waals surface area contributed by atoms with Gasteiger partial charge < -0.3 is 11.1 Å². The van der Waals surface area contributed by atoms with Crippen LogP contribution in [-0.4, -0.2) is 23.3 Å². The van der Waals surface area contributed by atoms with Crippen molar-refractivity contribution in [3.05, 3.63) is 23.8 Å². The first-order chi connectivity index (χ1) is 9.11. The van der Waals surface area contributed by atoms with Gasteiger partial charge >= 0.3 is 0 Å². The van der Waals surface area contributed by atoms with Gasteiger partial charge in [-0.05, 0) is 44.2 Å². The Morgan fingerprint density at radius 3 is 2.79 bits per heavy atom. The van der Waals surface area contributed by atoms with Gasteiger partial charge in [0, 0.05) is 28.2 Å². The fourth-order valence-corrected chi connectivity index (χ4v) is 3.64. The number of carbonyl (C=O) groups excluding carboxylic acids is 1. The summed E-state index contributed by atoms with van der Waals surface area (Å²) in [6.07, 6.45) is 7.25. The Bertz CT molecular complexity index is 461. The number of benzene rings is 1. The minimum Gasteiger partial charge on any atom is -0.398 e. The standard InChI is InChI=1S/C15H22N2OS/c1-10(18)12-9-11(7-8-13(12)16)17-14-5-3-4-6-15(14)19-2/h7-9,14-15,17H,3-6,16H2,1-2H3. The topological polar surface area (TPSA) is 55.1 Å². The van der Waals surface area contributed by atoms with Crippen LogP contribution in [0.1, 0.15) is 43.0 Å². The maximum absolute atomic E-state index is 11.5. The van der Waals surface area contributed by atoms with Crippen molar-refractivity contribution in [3.8, 4) is 0 Å². The van der Waals surface area contributed by atoms with Crippen molar-refractivity contribution in [1.82, 2.24) is 0 Å². The molecule has 0 aliphatic heterocycles. The number of carbonyl (C=O) groups is 1. The predicted molar refractivity (Wildman–Crippen MR) is 84.0 cm³/mol. The molecule has 0 saturated heterocycles. The third kappa shape index (κ3) is 3.44. The molecule has 0 radical (unpaired) electrons. The van der Waals surface area contributed by atoms with E-state index in [-0.39, 0.29) is 5.78 Å². The highest BCUT2D eigenvalue weighted by Crippen LogP contribution is 2.30. The Hall–Kier alpha value is -1.16. The fourth-order valence-electron chi connectivity index (χ4n) is 2.71. The highest BCUT2D eigenvalue weighted by Gasteiger charge is 2.24. The number of thioether (sulfide) groups is 1. The number of ketones is 1. The van der Waals surface area contributed by atoms with Gasteiger partial charge in [-0.2, -0.15) is 11.8 Å². The minimum absolute atomic E-state index is 0.0196. The van der Waals surface area contributed by atoms with Crippen molar-refractivity contribution in [1.29, 1.82) is 0 Å². The SMILES string of the molecule is CSC1CCCCC1Nc1ccc(N)c(C(C)=O)c1. The van der Waals surface area contributed by atoms with Crippen LogP contribution in [0.4, 0.5) is 11.4 Å². The lowest BCUT2D eigenvalue weighted by atomic mass is 9.94. The van der Waals surface area contributed by atoms with Crippen molar-refractivity contribution in [2.75, 3.05) is 17.3 Å². The lowest BCUT2D eigenvalue weighted by Gasteiger charge is -2.31. The number of nitrogen functional groups attached to an aromatic ring is 1. The number of nitrogens with one attached hydrogen (secondary N) is 1. The molecule has 1 aliphatic rings. The Morgan fingerprint density at radius 1 is 1.37 bits per heavy atom. The zero-order valence-corrected chi connectivity index (χ0v) is 12.4. The van der Waals surface area contributed by atoms with E-state index in [1.165, 1.54) is 25.7 Å². The van der Waals surface area contributed by atoms with Crippen molar-refractivity contribution in [2.45, 2.75) is 43.9 Å². The predicted octanol–water partition coefficient (Wildman–Crippen LogP) is 3.56. The monoisotopic (exact) mass is 278 g/mol. The van der Waals surface area contributed by atoms with Crippen molar-refractivity contribution < 1.29 is 4.79 Å². The summed E-state index contributed by atoms with van der Waals surface area (Å²) in [5.74, 6) is 0.0196. The van der Waals surface area contributed by atoms with Gasteiger partial charge in [0.1, 0.15) is 0 Å². The first-order valence-corrected chi connectivity index (χ1v) is 8.10. The Kier molecular flexibility index (Phi) is 4.75. The second kappa shape index (κ2) is 6.33. The van der Waals surface area contributed by atoms with Crippen LogP contribution in [0.5, 0.6) is 0 Å². The summed E-state index contributed by atoms with van der Waals surface area (Å²) in [7, 11) is 0. The molecule has 0 bridgehead atoms. The molecule has 0 aromatic heterocycles. The van der Waals surface area contributed by atoms with Gasteiger partial charge in [0.25, 0.3) is 0 Å². The molecule has 1 fully saturated rings. The molecule has 0 heterocycles. The average Bonchev–Trinajstić information content (AvgIpc) is 2.41. The van der Waals surface area contributed by atoms with Gasteiger partial charge in [0.2, 0.25) is 0 Å². The molecule has 4 heteroatoms. The van der Waals surface area contributed by atoms with E-state index in [1.807, 2.05) is 30.0 Å². The van der Waals surface area contributed by atoms with Gasteiger partial charge in [0.05, 0.1) is 0 Å². The Labute approximate surface area is 119 Å². The Morgan fingerprint density at radius 2 is 2.11 bits per heavy atom. The molecule has 1 saturated carbocycles. The lowest BCUT2D eigenvalue weighted by Crippen LogP contribution is -2.34. The molecule has 1 aromatic carbocycles. The number of hydrogen-bond donors (Lipinski definition) is 2. The van der Waals surface area contributed by atoms with E-state index in [1.54, 1.807) is 6.92 Å². The molecule has 1 aromatic rings. The van der Waals surface area contributed by atoms with Gasteiger partial charge in [0.15, 0.2) is 5.78 Å². The molecule has 2 atom stereocenters. The minimum atomic E-state index is 0.0196. The molecule has 2 rings (SSSR count). The van der Waals surface area contributed by atoms with Crippen LogP contribution in [0.3, 0.4) is 0 Å². The zero-order chi connectivity index (χ0) is 13.8. The quantitative estimate of drug-likeness (QED) is 0.653. The summed E-state index contributed by atoms with van der Waals surface area (Å²) >= 11 is 1.93. The van der Waals surface area contributed by atoms with E-state index in [2.05, 4.69) is 11.6 Å². The van der Waals surface area contributed by atoms with Gasteiger partial charge in [-0.1, -0.05) is 12.8 Å². The largest absolute Gasteiger partial charge is 0.398 e. The number of hydrogen-bond acceptors (Lipinski definition) is 4. The molecule has 3 nitrogen and oxygen atoms in total. The summed E-state index contributed by atoms with van der Waals surface area (Å²) in [6, 6.07) is 6.15. The zero-order valence-electron chi connectivity index (χ0n) is 11.6. The van der Waals surface area contributed by atoms with Gasteiger partial charge in [-0.25, -0.2) is 0 Å². The van der Waals surface area contributed by atoms with Crippen LogP contribution in [0.2, 0.25) is 0 Å². The fraction of sp³-hybridized carbons (Fsp3) is 0.533. The van der Waals surface area contributed by atoms with Crippen LogP contribution >= 0.6 is 11.8 Å². The van der Waals surface area contributed by atoms with Crippen LogP contribution < -0.4 is 11.1 Å². The maximum Gasteiger partial charge on any atom is 0.161 e. The van der Waals surface area contributed by atoms with E-state index in [4.69, 9.17) is 5.73 Å². The molecule has 0 amide bonds. The van der Waals surface area contributed by atoms with Crippen LogP contribution in [0.15, 0.2) is 18.2 Å². The van der Waals surface area contributed by atoms with E-state index in [9.17, 15) is 4.79 Å². The van der Waals surface area contributed by atoms with E-state index in [0.29, 0.717) is 22.5 Å². The third-order valence-corrected chi connectivity index (χ3v) is 4.96. The summed E-state index contributed by atoms with van der Waals surface area (Å²) in [5, 5.41) is 4.24. The molecule has 1 aliphatic carbocycles. The first kappa shape index (κ1) is 14.3. The number of rotatable bonds is 4. The highest BCUT2D eigenvalue weighted by molar-refractivity contribution is 7.99. The maximum atomic E-state index is 11.5. The molecular weight excluding hydrogens is 256 g/mol. The second-order valence-electron chi connectivity index (χ2n) is 5.17. The second-order valence-corrected chi connectivity index (χ2v) is 6.24. The number of Topliss-reactive ketones (excluding diaryl/α,β-unsaturated/α-hetero) is 1. The van der Waals surface area contributed by atoms with Crippen LogP contribution in [0, 0.1) is 0 Å².